The van der Waals surface area contributed by atoms with Crippen molar-refractivity contribution in [3.05, 3.63) is 0 Å². The molecule has 0 aromatic rings. The Morgan fingerprint density at radius 2 is 1.85 bits per heavy atom. The van der Waals surface area contributed by atoms with Crippen LogP contribution >= 0.6 is 0 Å². The molecule has 0 saturated carbocycles. The zero-order valence-corrected chi connectivity index (χ0v) is 12.6. The molecule has 6 heteroatoms. The fourth-order valence-electron chi connectivity index (χ4n) is 2.07. The molecule has 0 bridgehead atoms. The number of nitrogens with two attached hydrogens (primary N) is 1. The number of hydrogen-bond donors (Lipinski definition) is 1. The van der Waals surface area contributed by atoms with Crippen LogP contribution in [-0.4, -0.2) is 53.7 Å². The van der Waals surface area contributed by atoms with Crippen LogP contribution in [0.5, 0.6) is 0 Å². The molecule has 0 aliphatic carbocycles. The highest BCUT2D eigenvalue weighted by Gasteiger charge is 2.29. The van der Waals surface area contributed by atoms with Crippen LogP contribution < -0.4 is 5.73 Å². The number of hydrogen-bond acceptors (Lipinski definition) is 4. The first-order valence-corrected chi connectivity index (χ1v) is 7.15. The first kappa shape index (κ1) is 16.6. The third kappa shape index (κ3) is 4.59. The van der Waals surface area contributed by atoms with Crippen LogP contribution in [0, 0.1) is 5.92 Å². The molecule has 3 amide bonds. The molecule has 0 spiro atoms. The van der Waals surface area contributed by atoms with Crippen LogP contribution in [0.1, 0.15) is 39.5 Å². The Morgan fingerprint density at radius 1 is 1.30 bits per heavy atom. The number of likely N-dealkylation sites (tertiary alicyclic amines) is 1. The molecule has 1 saturated heterocycles. The van der Waals surface area contributed by atoms with Gasteiger partial charge in [0.2, 0.25) is 17.7 Å². The Bertz CT molecular complexity index is 366. The van der Waals surface area contributed by atoms with Gasteiger partial charge in [-0.05, 0) is 12.3 Å². The summed E-state index contributed by atoms with van der Waals surface area (Å²) in [7, 11) is 1.73. The minimum Gasteiger partial charge on any atom is -0.346 e. The SMILES string of the molecule is CC(C)C(N)CCN(C)C(=O)CCN1C(=O)CCC1=O. The molecule has 1 atom stereocenters. The summed E-state index contributed by atoms with van der Waals surface area (Å²) in [5.41, 5.74) is 5.94. The highest BCUT2D eigenvalue weighted by Crippen LogP contribution is 2.12. The van der Waals surface area contributed by atoms with Gasteiger partial charge in [0, 0.05) is 45.4 Å². The highest BCUT2D eigenvalue weighted by molar-refractivity contribution is 6.02. The number of carbonyl (C=O) groups is 3. The maximum Gasteiger partial charge on any atom is 0.229 e. The Balaban J connectivity index is 2.31. The predicted molar refractivity (Wildman–Crippen MR) is 75.6 cm³/mol. The molecule has 1 fully saturated rings. The minimum absolute atomic E-state index is 0.0616. The average Bonchev–Trinajstić information content (AvgIpc) is 2.72. The zero-order valence-electron chi connectivity index (χ0n) is 12.6. The van der Waals surface area contributed by atoms with Gasteiger partial charge in [0.15, 0.2) is 0 Å². The summed E-state index contributed by atoms with van der Waals surface area (Å²) in [6.07, 6.45) is 1.48. The predicted octanol–water partition coefficient (Wildman–Crippen LogP) is 0.357. The molecule has 1 heterocycles. The van der Waals surface area contributed by atoms with Crippen molar-refractivity contribution in [1.82, 2.24) is 9.80 Å². The van der Waals surface area contributed by atoms with Gasteiger partial charge in [-0.1, -0.05) is 13.8 Å². The first-order chi connectivity index (χ1) is 9.32. The summed E-state index contributed by atoms with van der Waals surface area (Å²) in [4.78, 5) is 37.6. The molecule has 0 aromatic carbocycles. The Kier molecular flexibility index (Phi) is 6.13. The van der Waals surface area contributed by atoms with Crippen molar-refractivity contribution in [2.75, 3.05) is 20.1 Å². The van der Waals surface area contributed by atoms with Crippen LogP contribution in [0.15, 0.2) is 0 Å². The van der Waals surface area contributed by atoms with Crippen molar-refractivity contribution in [1.29, 1.82) is 0 Å². The third-order valence-electron chi connectivity index (χ3n) is 3.78. The van der Waals surface area contributed by atoms with E-state index in [4.69, 9.17) is 5.73 Å². The van der Waals surface area contributed by atoms with E-state index in [9.17, 15) is 14.4 Å². The maximum atomic E-state index is 11.9. The molecule has 0 aromatic heterocycles. The van der Waals surface area contributed by atoms with Crippen molar-refractivity contribution in [2.24, 2.45) is 11.7 Å². The molecule has 20 heavy (non-hydrogen) atoms. The van der Waals surface area contributed by atoms with Crippen molar-refractivity contribution in [3.63, 3.8) is 0 Å². The van der Waals surface area contributed by atoms with Crippen molar-refractivity contribution in [3.8, 4) is 0 Å². The lowest BCUT2D eigenvalue weighted by atomic mass is 10.0. The highest BCUT2D eigenvalue weighted by atomic mass is 16.2. The van der Waals surface area contributed by atoms with E-state index in [1.54, 1.807) is 11.9 Å². The number of rotatable bonds is 7. The van der Waals surface area contributed by atoms with Gasteiger partial charge in [0.05, 0.1) is 0 Å². The second kappa shape index (κ2) is 7.38. The molecule has 6 nitrogen and oxygen atoms in total. The summed E-state index contributed by atoms with van der Waals surface area (Å²) in [5.74, 6) is -0.0219. The fraction of sp³-hybridized carbons (Fsp3) is 0.786. The normalized spacial score (nSPS) is 16.9. The number of amides is 3. The van der Waals surface area contributed by atoms with Crippen LogP contribution in [0.2, 0.25) is 0 Å². The van der Waals surface area contributed by atoms with E-state index in [0.717, 1.165) is 6.42 Å². The van der Waals surface area contributed by atoms with Gasteiger partial charge in [0.1, 0.15) is 0 Å². The van der Waals surface area contributed by atoms with E-state index in [-0.39, 0.29) is 49.6 Å². The van der Waals surface area contributed by atoms with Crippen LogP contribution in [0.4, 0.5) is 0 Å². The summed E-state index contributed by atoms with van der Waals surface area (Å²) in [5, 5.41) is 0. The lowest BCUT2D eigenvalue weighted by Gasteiger charge is -2.22. The van der Waals surface area contributed by atoms with Crippen LogP contribution in [0.25, 0.3) is 0 Å². The van der Waals surface area contributed by atoms with Crippen molar-refractivity contribution in [2.45, 2.75) is 45.6 Å². The molecule has 1 rings (SSSR count). The first-order valence-electron chi connectivity index (χ1n) is 7.15. The van der Waals surface area contributed by atoms with Crippen LogP contribution in [0.3, 0.4) is 0 Å². The second-order valence-corrected chi connectivity index (χ2v) is 5.70. The molecule has 1 aliphatic rings. The molecular formula is C14H25N3O3. The zero-order chi connectivity index (χ0) is 15.3. The smallest absolute Gasteiger partial charge is 0.229 e. The second-order valence-electron chi connectivity index (χ2n) is 5.70. The van der Waals surface area contributed by atoms with Gasteiger partial charge in [-0.15, -0.1) is 0 Å². The van der Waals surface area contributed by atoms with E-state index in [2.05, 4.69) is 13.8 Å². The molecule has 2 N–H and O–H groups in total. The molecule has 1 aliphatic heterocycles. The summed E-state index contributed by atoms with van der Waals surface area (Å²) in [6.45, 7) is 4.89. The quantitative estimate of drug-likeness (QED) is 0.684. The maximum absolute atomic E-state index is 11.9. The fourth-order valence-corrected chi connectivity index (χ4v) is 2.07. The monoisotopic (exact) mass is 283 g/mol. The summed E-state index contributed by atoms with van der Waals surface area (Å²) >= 11 is 0. The molecule has 114 valence electrons. The van der Waals surface area contributed by atoms with E-state index in [1.165, 1.54) is 4.90 Å². The van der Waals surface area contributed by atoms with E-state index >= 15 is 0 Å². The lowest BCUT2D eigenvalue weighted by Crippen LogP contribution is -2.37. The molecule has 1 unspecified atom stereocenters. The van der Waals surface area contributed by atoms with Crippen molar-refractivity contribution < 1.29 is 14.4 Å². The van der Waals surface area contributed by atoms with Gasteiger partial charge in [-0.25, -0.2) is 0 Å². The lowest BCUT2D eigenvalue weighted by molar-refractivity contribution is -0.139. The molecule has 0 radical (unpaired) electrons. The van der Waals surface area contributed by atoms with E-state index in [1.807, 2.05) is 0 Å². The summed E-state index contributed by atoms with van der Waals surface area (Å²) in [6, 6.07) is 0.0759. The Labute approximate surface area is 120 Å². The number of imide groups is 1. The van der Waals surface area contributed by atoms with Gasteiger partial charge in [-0.2, -0.15) is 0 Å². The summed E-state index contributed by atoms with van der Waals surface area (Å²) < 4.78 is 0. The topological polar surface area (TPSA) is 83.7 Å². The van der Waals surface area contributed by atoms with Crippen molar-refractivity contribution >= 4 is 17.7 Å². The number of nitrogens with zero attached hydrogens (tertiary/aromatic N) is 2. The Morgan fingerprint density at radius 3 is 2.35 bits per heavy atom. The van der Waals surface area contributed by atoms with E-state index < -0.39 is 0 Å². The minimum atomic E-state index is -0.174. The molecular weight excluding hydrogens is 258 g/mol. The largest absolute Gasteiger partial charge is 0.346 e. The van der Waals surface area contributed by atoms with Crippen LogP contribution in [-0.2, 0) is 14.4 Å². The standard InChI is InChI=1S/C14H25N3O3/c1-10(2)11(15)6-8-16(3)12(18)7-9-17-13(19)4-5-14(17)20/h10-11H,4-9,15H2,1-3H3. The third-order valence-corrected chi connectivity index (χ3v) is 3.78. The Hall–Kier alpha value is -1.43. The average molecular weight is 283 g/mol. The number of carbonyl (C=O) groups excluding carboxylic acids is 3. The van der Waals surface area contributed by atoms with E-state index in [0.29, 0.717) is 12.5 Å². The van der Waals surface area contributed by atoms with Gasteiger partial charge in [-0.3, -0.25) is 19.3 Å². The van der Waals surface area contributed by atoms with Gasteiger partial charge >= 0.3 is 0 Å². The van der Waals surface area contributed by atoms with Gasteiger partial charge < -0.3 is 10.6 Å². The van der Waals surface area contributed by atoms with Gasteiger partial charge in [0.25, 0.3) is 0 Å².